The molecule has 22 heavy (non-hydrogen) atoms. The van der Waals surface area contributed by atoms with Crippen molar-refractivity contribution in [3.63, 3.8) is 0 Å². The Morgan fingerprint density at radius 3 is 2.27 bits per heavy atom. The quantitative estimate of drug-likeness (QED) is 0.693. The minimum atomic E-state index is -0.283. The molecule has 0 heterocycles. The van der Waals surface area contributed by atoms with E-state index in [2.05, 4.69) is 0 Å². The van der Waals surface area contributed by atoms with E-state index in [0.29, 0.717) is 25.3 Å². The number of ether oxygens (including phenoxy) is 2. The van der Waals surface area contributed by atoms with Gasteiger partial charge in [-0.2, -0.15) is 0 Å². The second-order valence-electron chi connectivity index (χ2n) is 5.13. The van der Waals surface area contributed by atoms with Crippen LogP contribution in [-0.4, -0.2) is 42.6 Å². The molecule has 0 saturated heterocycles. The van der Waals surface area contributed by atoms with Crippen molar-refractivity contribution in [2.75, 3.05) is 19.7 Å². The number of amides is 1. The number of esters is 1. The first-order valence-electron chi connectivity index (χ1n) is 7.69. The van der Waals surface area contributed by atoms with Gasteiger partial charge in [-0.25, -0.2) is 0 Å². The van der Waals surface area contributed by atoms with Crippen LogP contribution in [-0.2, 0) is 9.53 Å². The molecule has 0 N–H and O–H groups in total. The number of benzene rings is 1. The van der Waals surface area contributed by atoms with Crippen molar-refractivity contribution in [3.05, 3.63) is 29.8 Å². The van der Waals surface area contributed by atoms with Gasteiger partial charge in [-0.1, -0.05) is 0 Å². The Kier molecular flexibility index (Phi) is 7.43. The Balaban J connectivity index is 2.65. The number of hydrogen-bond donors (Lipinski definition) is 0. The summed E-state index contributed by atoms with van der Waals surface area (Å²) in [5.41, 5.74) is 0.585. The molecular weight excluding hydrogens is 282 g/mol. The molecule has 0 unspecified atom stereocenters. The third kappa shape index (κ3) is 5.76. The maximum atomic E-state index is 12.4. The first-order chi connectivity index (χ1) is 10.5. The summed E-state index contributed by atoms with van der Waals surface area (Å²) in [6, 6.07) is 7.05. The van der Waals surface area contributed by atoms with Crippen LogP contribution >= 0.6 is 0 Å². The van der Waals surface area contributed by atoms with Crippen LogP contribution in [0, 0.1) is 0 Å². The zero-order chi connectivity index (χ0) is 16.5. The highest BCUT2D eigenvalue weighted by molar-refractivity contribution is 5.94. The van der Waals surface area contributed by atoms with Crippen LogP contribution in [0.4, 0.5) is 0 Å². The third-order valence-corrected chi connectivity index (χ3v) is 3.03. The molecule has 0 aromatic heterocycles. The molecule has 0 radical (unpaired) electrons. The molecule has 0 atom stereocenters. The molecule has 0 saturated carbocycles. The van der Waals surface area contributed by atoms with Gasteiger partial charge in [-0.05, 0) is 52.0 Å². The lowest BCUT2D eigenvalue weighted by molar-refractivity contribution is -0.143. The fourth-order valence-corrected chi connectivity index (χ4v) is 1.99. The lowest BCUT2D eigenvalue weighted by Crippen LogP contribution is -2.33. The number of carbonyl (C=O) groups is 2. The lowest BCUT2D eigenvalue weighted by Gasteiger charge is -2.20. The minimum absolute atomic E-state index is 0.0945. The van der Waals surface area contributed by atoms with E-state index < -0.39 is 0 Å². The normalized spacial score (nSPS) is 10.4. The number of nitrogens with zero attached hydrogens (tertiary/aromatic N) is 1. The maximum Gasteiger partial charge on any atom is 0.307 e. The molecule has 0 bridgehead atoms. The van der Waals surface area contributed by atoms with Crippen LogP contribution in [0.25, 0.3) is 0 Å². The fourth-order valence-electron chi connectivity index (χ4n) is 1.99. The van der Waals surface area contributed by atoms with Crippen molar-refractivity contribution in [1.29, 1.82) is 0 Å². The molecule has 0 aliphatic rings. The number of carbonyl (C=O) groups excluding carboxylic acids is 2. The molecule has 0 fully saturated rings. The molecule has 1 aromatic rings. The molecule has 0 aliphatic carbocycles. The van der Waals surface area contributed by atoms with E-state index >= 15 is 0 Å². The van der Waals surface area contributed by atoms with Crippen molar-refractivity contribution in [2.24, 2.45) is 0 Å². The molecular formula is C17H25NO4. The van der Waals surface area contributed by atoms with Crippen molar-refractivity contribution in [1.82, 2.24) is 4.90 Å². The maximum absolute atomic E-state index is 12.4. The average Bonchev–Trinajstić information content (AvgIpc) is 2.48. The highest BCUT2D eigenvalue weighted by Gasteiger charge is 2.15. The van der Waals surface area contributed by atoms with E-state index in [4.69, 9.17) is 9.47 Å². The van der Waals surface area contributed by atoms with Crippen LogP contribution < -0.4 is 4.74 Å². The zero-order valence-corrected chi connectivity index (χ0v) is 13.8. The number of rotatable bonds is 8. The Bertz CT molecular complexity index is 482. The largest absolute Gasteiger partial charge is 0.491 e. The SMILES string of the molecule is CCOC(=O)CCN(CC)C(=O)c1ccc(OC(C)C)cc1. The van der Waals surface area contributed by atoms with Crippen molar-refractivity contribution < 1.29 is 19.1 Å². The lowest BCUT2D eigenvalue weighted by atomic mass is 10.2. The third-order valence-electron chi connectivity index (χ3n) is 3.03. The van der Waals surface area contributed by atoms with E-state index in [1.54, 1.807) is 36.1 Å². The summed E-state index contributed by atoms with van der Waals surface area (Å²) in [6.45, 7) is 8.82. The van der Waals surface area contributed by atoms with Gasteiger partial charge in [0.1, 0.15) is 5.75 Å². The standard InChI is InChI=1S/C17H25NO4/c1-5-18(12-11-16(19)21-6-2)17(20)14-7-9-15(10-8-14)22-13(3)4/h7-10,13H,5-6,11-12H2,1-4H3. The average molecular weight is 307 g/mol. The molecule has 0 spiro atoms. The smallest absolute Gasteiger partial charge is 0.307 e. The minimum Gasteiger partial charge on any atom is -0.491 e. The van der Waals surface area contributed by atoms with Gasteiger partial charge in [0.05, 0.1) is 19.1 Å². The van der Waals surface area contributed by atoms with Gasteiger partial charge in [-0.15, -0.1) is 0 Å². The summed E-state index contributed by atoms with van der Waals surface area (Å²) < 4.78 is 10.4. The van der Waals surface area contributed by atoms with Crippen LogP contribution in [0.3, 0.4) is 0 Å². The first-order valence-corrected chi connectivity index (χ1v) is 7.69. The molecule has 1 amide bonds. The van der Waals surface area contributed by atoms with Gasteiger partial charge in [-0.3, -0.25) is 9.59 Å². The van der Waals surface area contributed by atoms with Gasteiger partial charge in [0, 0.05) is 18.7 Å². The second kappa shape index (κ2) is 9.07. The van der Waals surface area contributed by atoms with E-state index in [1.165, 1.54) is 0 Å². The van der Waals surface area contributed by atoms with Gasteiger partial charge < -0.3 is 14.4 Å². The highest BCUT2D eigenvalue weighted by Crippen LogP contribution is 2.15. The van der Waals surface area contributed by atoms with Crippen molar-refractivity contribution in [3.8, 4) is 5.75 Å². The molecule has 1 rings (SSSR count). The fraction of sp³-hybridized carbons (Fsp3) is 0.529. The predicted octanol–water partition coefficient (Wildman–Crippen LogP) is 2.89. The Hall–Kier alpha value is -2.04. The van der Waals surface area contributed by atoms with E-state index in [9.17, 15) is 9.59 Å². The van der Waals surface area contributed by atoms with E-state index in [0.717, 1.165) is 5.75 Å². The van der Waals surface area contributed by atoms with Crippen LogP contribution in [0.5, 0.6) is 5.75 Å². The Morgan fingerprint density at radius 1 is 1.14 bits per heavy atom. The van der Waals surface area contributed by atoms with Crippen LogP contribution in [0.15, 0.2) is 24.3 Å². The topological polar surface area (TPSA) is 55.8 Å². The molecule has 5 nitrogen and oxygen atoms in total. The summed E-state index contributed by atoms with van der Waals surface area (Å²) in [6.07, 6.45) is 0.306. The van der Waals surface area contributed by atoms with Crippen molar-refractivity contribution in [2.45, 2.75) is 40.2 Å². The Labute approximate surface area is 132 Å². The molecule has 122 valence electrons. The van der Waals surface area contributed by atoms with E-state index in [-0.39, 0.29) is 24.4 Å². The van der Waals surface area contributed by atoms with Crippen molar-refractivity contribution >= 4 is 11.9 Å². The van der Waals surface area contributed by atoms with Gasteiger partial charge in [0.15, 0.2) is 0 Å². The second-order valence-corrected chi connectivity index (χ2v) is 5.13. The summed E-state index contributed by atoms with van der Waals surface area (Å²) in [5.74, 6) is 0.360. The summed E-state index contributed by atoms with van der Waals surface area (Å²) in [7, 11) is 0. The monoisotopic (exact) mass is 307 g/mol. The summed E-state index contributed by atoms with van der Waals surface area (Å²) in [4.78, 5) is 25.4. The molecule has 5 heteroatoms. The van der Waals surface area contributed by atoms with Gasteiger partial charge in [0.25, 0.3) is 5.91 Å². The Morgan fingerprint density at radius 2 is 1.77 bits per heavy atom. The first kappa shape index (κ1) is 18.0. The summed E-state index contributed by atoms with van der Waals surface area (Å²) >= 11 is 0. The van der Waals surface area contributed by atoms with Crippen LogP contribution in [0.1, 0.15) is 44.5 Å². The zero-order valence-electron chi connectivity index (χ0n) is 13.8. The van der Waals surface area contributed by atoms with Gasteiger partial charge in [0.2, 0.25) is 0 Å². The predicted molar refractivity (Wildman–Crippen MR) is 85.0 cm³/mol. The summed E-state index contributed by atoms with van der Waals surface area (Å²) in [5, 5.41) is 0. The van der Waals surface area contributed by atoms with Gasteiger partial charge >= 0.3 is 5.97 Å². The van der Waals surface area contributed by atoms with E-state index in [1.807, 2.05) is 20.8 Å². The van der Waals surface area contributed by atoms with Crippen LogP contribution in [0.2, 0.25) is 0 Å². The molecule has 1 aromatic carbocycles. The number of hydrogen-bond acceptors (Lipinski definition) is 4. The molecule has 0 aliphatic heterocycles. The highest BCUT2D eigenvalue weighted by atomic mass is 16.5.